The fourth-order valence-electron chi connectivity index (χ4n) is 0. The second-order valence-corrected chi connectivity index (χ2v) is 6.72. The maximum absolute atomic E-state index is 9.83. The average Bonchev–Trinajstić information content (AvgIpc) is 0.722. The topological polar surface area (TPSA) is 37.3 Å². The SMILES string of the molecule is C[As](C)(=O)O.[Ca+2]. The monoisotopic (exact) mass is 178 g/mol. The van der Waals surface area contributed by atoms with Gasteiger partial charge in [-0.3, -0.25) is 0 Å². The largest absolute Gasteiger partial charge is 2.00 e. The third kappa shape index (κ3) is 46.9. The zero-order chi connectivity index (χ0) is 4.50. The van der Waals surface area contributed by atoms with Crippen LogP contribution in [0.1, 0.15) is 0 Å². The molecule has 0 bridgehead atoms. The van der Waals surface area contributed by atoms with Gasteiger partial charge in [-0.05, 0) is 0 Å². The van der Waals surface area contributed by atoms with Gasteiger partial charge < -0.3 is 0 Å². The zero-order valence-corrected chi connectivity index (χ0v) is 8.09. The molecule has 6 heavy (non-hydrogen) atoms. The summed E-state index contributed by atoms with van der Waals surface area (Å²) in [7, 11) is 0. The molecule has 0 rings (SSSR count). The van der Waals surface area contributed by atoms with Gasteiger partial charge in [-0.2, -0.15) is 0 Å². The molecule has 0 fully saturated rings. The van der Waals surface area contributed by atoms with E-state index in [1.807, 2.05) is 0 Å². The van der Waals surface area contributed by atoms with Gasteiger partial charge in [0.15, 0.2) is 0 Å². The summed E-state index contributed by atoms with van der Waals surface area (Å²) >= 11 is -3.12. The second kappa shape index (κ2) is 3.56. The Hall–Kier alpha value is 1.58. The molecule has 0 aliphatic rings. The van der Waals surface area contributed by atoms with E-state index in [-0.39, 0.29) is 37.7 Å². The molecule has 0 atom stereocenters. The Bertz CT molecular complexity index is 57.7. The van der Waals surface area contributed by atoms with E-state index in [0.29, 0.717) is 0 Å². The molecule has 0 heterocycles. The Morgan fingerprint density at radius 2 is 1.50 bits per heavy atom. The van der Waals surface area contributed by atoms with E-state index in [1.54, 1.807) is 0 Å². The van der Waals surface area contributed by atoms with Gasteiger partial charge in [0, 0.05) is 0 Å². The summed E-state index contributed by atoms with van der Waals surface area (Å²) in [5.74, 6) is 0. The van der Waals surface area contributed by atoms with Crippen LogP contribution >= 0.6 is 0 Å². The molecule has 0 spiro atoms. The number of hydrogen-bond donors (Lipinski definition) is 1. The molecule has 0 aromatic carbocycles. The van der Waals surface area contributed by atoms with E-state index in [9.17, 15) is 3.74 Å². The van der Waals surface area contributed by atoms with Gasteiger partial charge in [-0.15, -0.1) is 0 Å². The predicted octanol–water partition coefficient (Wildman–Crippen LogP) is -0.270. The van der Waals surface area contributed by atoms with Crippen LogP contribution in [-0.2, 0) is 3.74 Å². The number of rotatable bonds is 0. The maximum Gasteiger partial charge on any atom is 2.00 e. The summed E-state index contributed by atoms with van der Waals surface area (Å²) in [5, 5.41) is 0. The first-order chi connectivity index (χ1) is 2.00. The van der Waals surface area contributed by atoms with Crippen molar-refractivity contribution in [2.24, 2.45) is 0 Å². The van der Waals surface area contributed by atoms with Crippen LogP contribution in [0.3, 0.4) is 0 Å². The van der Waals surface area contributed by atoms with Crippen LogP contribution in [0.15, 0.2) is 0 Å². The van der Waals surface area contributed by atoms with Crippen LogP contribution in [0.2, 0.25) is 11.4 Å². The molecule has 0 aliphatic heterocycles. The molecule has 0 saturated carbocycles. The van der Waals surface area contributed by atoms with Gasteiger partial charge in [-0.25, -0.2) is 0 Å². The molecule has 0 unspecified atom stereocenters. The van der Waals surface area contributed by atoms with Crippen LogP contribution < -0.4 is 0 Å². The molecule has 0 radical (unpaired) electrons. The minimum absolute atomic E-state index is 0. The average molecular weight is 178 g/mol. The van der Waals surface area contributed by atoms with E-state index in [2.05, 4.69) is 0 Å². The van der Waals surface area contributed by atoms with E-state index in [4.69, 9.17) is 4.10 Å². The van der Waals surface area contributed by atoms with Crippen molar-refractivity contribution in [3.63, 3.8) is 0 Å². The summed E-state index contributed by atoms with van der Waals surface area (Å²) in [4.78, 5) is 0. The van der Waals surface area contributed by atoms with Crippen LogP contribution in [0, 0.1) is 0 Å². The van der Waals surface area contributed by atoms with Gasteiger partial charge in [0.25, 0.3) is 0 Å². The Labute approximate surface area is 70.0 Å². The minimum atomic E-state index is -3.12. The van der Waals surface area contributed by atoms with Crippen molar-refractivity contribution in [1.82, 2.24) is 0 Å². The van der Waals surface area contributed by atoms with Crippen LogP contribution in [0.4, 0.5) is 0 Å². The van der Waals surface area contributed by atoms with Gasteiger partial charge in [-0.1, -0.05) is 0 Å². The molecular weight excluding hydrogens is 171 g/mol. The van der Waals surface area contributed by atoms with E-state index >= 15 is 0 Å². The summed E-state index contributed by atoms with van der Waals surface area (Å²) in [5.41, 5.74) is 2.72. The molecule has 0 aliphatic carbocycles. The molecule has 4 heteroatoms. The normalized spacial score (nSPS) is 9.83. The first kappa shape index (κ1) is 10.5. The first-order valence-corrected chi connectivity index (χ1v) is 6.64. The van der Waals surface area contributed by atoms with Crippen LogP contribution in [0.5, 0.6) is 0 Å². The molecular formula is C2H7AsCaO2+2. The fraction of sp³-hybridized carbons (Fsp3) is 1.00. The van der Waals surface area contributed by atoms with Crippen molar-refractivity contribution in [3.8, 4) is 0 Å². The molecule has 1 N–H and O–H groups in total. The van der Waals surface area contributed by atoms with Crippen molar-refractivity contribution in [1.29, 1.82) is 0 Å². The summed E-state index contributed by atoms with van der Waals surface area (Å²) in [6.07, 6.45) is 0. The van der Waals surface area contributed by atoms with Crippen molar-refractivity contribution in [2.45, 2.75) is 11.4 Å². The molecule has 2 nitrogen and oxygen atoms in total. The van der Waals surface area contributed by atoms with Crippen LogP contribution in [-0.4, -0.2) is 55.7 Å². The van der Waals surface area contributed by atoms with Gasteiger partial charge in [0.2, 0.25) is 0 Å². The Kier molecular flexibility index (Phi) is 6.26. The molecule has 0 saturated heterocycles. The van der Waals surface area contributed by atoms with E-state index in [1.165, 1.54) is 11.4 Å². The van der Waals surface area contributed by atoms with Crippen molar-refractivity contribution < 1.29 is 7.84 Å². The molecule has 0 aromatic rings. The van der Waals surface area contributed by atoms with Crippen LogP contribution in [0.25, 0.3) is 0 Å². The molecule has 32 valence electrons. The second-order valence-electron chi connectivity index (χ2n) is 1.29. The third-order valence-electron chi connectivity index (χ3n) is 0. The maximum atomic E-state index is 9.83. The molecule has 0 amide bonds. The Morgan fingerprint density at radius 3 is 1.50 bits per heavy atom. The summed E-state index contributed by atoms with van der Waals surface area (Å²) in [6, 6.07) is 0. The van der Waals surface area contributed by atoms with Gasteiger partial charge in [0.1, 0.15) is 0 Å². The predicted molar refractivity (Wildman–Crippen MR) is 26.1 cm³/mol. The standard InChI is InChI=1S/C2H7AsO2.Ca/c1-3(2,4)5;/h1-2H3,(H,4,5);/q;+2. The van der Waals surface area contributed by atoms with E-state index in [0.717, 1.165) is 0 Å². The fourth-order valence-corrected chi connectivity index (χ4v) is 0. The van der Waals surface area contributed by atoms with Crippen molar-refractivity contribution >= 4 is 51.6 Å². The third-order valence-corrected chi connectivity index (χ3v) is 0. The zero-order valence-electron chi connectivity index (χ0n) is 4.01. The minimum Gasteiger partial charge on any atom is 2.00 e. The summed E-state index contributed by atoms with van der Waals surface area (Å²) in [6.45, 7) is 0. The number of hydrogen-bond acceptors (Lipinski definition) is 1. The van der Waals surface area contributed by atoms with E-state index < -0.39 is 13.8 Å². The quantitative estimate of drug-likeness (QED) is 0.518. The Balaban J connectivity index is 0. The van der Waals surface area contributed by atoms with Crippen molar-refractivity contribution in [3.05, 3.63) is 0 Å². The van der Waals surface area contributed by atoms with Gasteiger partial charge >= 0.3 is 70.8 Å². The van der Waals surface area contributed by atoms with Gasteiger partial charge in [0.05, 0.1) is 0 Å². The van der Waals surface area contributed by atoms with Crippen molar-refractivity contribution in [2.75, 3.05) is 0 Å². The smallest absolute Gasteiger partial charge is 2.00 e. The first-order valence-electron chi connectivity index (χ1n) is 1.28. The summed E-state index contributed by atoms with van der Waals surface area (Å²) < 4.78 is 18.0. The Morgan fingerprint density at radius 1 is 1.50 bits per heavy atom. The molecule has 0 aromatic heterocycles.